The number of benzene rings is 1. The molecule has 1 aromatic rings. The molecule has 1 aliphatic rings. The van der Waals surface area contributed by atoms with Crippen LogP contribution in [-0.4, -0.2) is 37.6 Å². The van der Waals surface area contributed by atoms with Gasteiger partial charge in [0.15, 0.2) is 0 Å². The summed E-state index contributed by atoms with van der Waals surface area (Å²) < 4.78 is 14.3. The molecule has 0 saturated heterocycles. The molecule has 1 aromatic carbocycles. The van der Waals surface area contributed by atoms with Crippen LogP contribution in [0.5, 0.6) is 0 Å². The van der Waals surface area contributed by atoms with Crippen LogP contribution in [0.25, 0.3) is 5.57 Å². The zero-order valence-electron chi connectivity index (χ0n) is 12.4. The maximum absolute atomic E-state index is 12.0. The molecular weight excluding hydrogens is 383 g/mol. The summed E-state index contributed by atoms with van der Waals surface area (Å²) in [5.41, 5.74) is -0.192. The van der Waals surface area contributed by atoms with E-state index in [9.17, 15) is 14.7 Å². The van der Waals surface area contributed by atoms with Crippen LogP contribution in [0, 0.1) is 0 Å². The van der Waals surface area contributed by atoms with Gasteiger partial charge in [0, 0.05) is 5.56 Å². The lowest BCUT2D eigenvalue weighted by molar-refractivity contribution is -0.149. The number of halogens is 3. The topological polar surface area (TPSA) is 82.1 Å². The first-order valence-electron chi connectivity index (χ1n) is 6.43. The Morgan fingerprint density at radius 1 is 1.12 bits per heavy atom. The first-order valence-corrected chi connectivity index (χ1v) is 7.56. The van der Waals surface area contributed by atoms with Crippen molar-refractivity contribution in [3.8, 4) is 0 Å². The van der Waals surface area contributed by atoms with E-state index in [4.69, 9.17) is 39.5 Å². The van der Waals surface area contributed by atoms with Crippen LogP contribution in [0.15, 0.2) is 34.6 Å². The second kappa shape index (κ2) is 7.44. The molecule has 0 radical (unpaired) electrons. The summed E-state index contributed by atoms with van der Waals surface area (Å²) in [4.78, 5) is 23.9. The molecule has 1 heterocycles. The summed E-state index contributed by atoms with van der Waals surface area (Å²) >= 11 is 18.4. The molecule has 0 aromatic heterocycles. The number of methoxy groups -OCH3 is 2. The van der Waals surface area contributed by atoms with Crippen molar-refractivity contribution in [1.29, 1.82) is 0 Å². The fourth-order valence-corrected chi connectivity index (χ4v) is 2.81. The van der Waals surface area contributed by atoms with E-state index in [1.165, 1.54) is 12.1 Å². The van der Waals surface area contributed by atoms with Gasteiger partial charge in [-0.25, -0.2) is 9.59 Å². The highest BCUT2D eigenvalue weighted by Crippen LogP contribution is 2.42. The SMILES string of the molecule is COC(=O)C1=C(c2cccc(Cl)c2Cl)C(Cl)=C(C(=O)OC)C(O)O1. The van der Waals surface area contributed by atoms with Gasteiger partial charge in [-0.05, 0) is 6.07 Å². The normalized spacial score (nSPS) is 17.5. The van der Waals surface area contributed by atoms with Crippen molar-refractivity contribution in [1.82, 2.24) is 0 Å². The summed E-state index contributed by atoms with van der Waals surface area (Å²) in [5.74, 6) is -2.25. The minimum Gasteiger partial charge on any atom is -0.465 e. The van der Waals surface area contributed by atoms with E-state index in [1.807, 2.05) is 0 Å². The van der Waals surface area contributed by atoms with E-state index >= 15 is 0 Å². The third-order valence-electron chi connectivity index (χ3n) is 3.16. The van der Waals surface area contributed by atoms with Crippen molar-refractivity contribution in [3.63, 3.8) is 0 Å². The third kappa shape index (κ3) is 3.23. The van der Waals surface area contributed by atoms with E-state index < -0.39 is 24.0 Å². The molecule has 0 bridgehead atoms. The standard InChI is InChI=1S/C15H11Cl3O6/c1-22-13(19)9-11(18)8(6-4-3-5-7(16)10(6)17)12(15(21)23-2)24-14(9)20/h3-5,14,20H,1-2H3. The smallest absolute Gasteiger partial charge is 0.374 e. The number of rotatable bonds is 3. The van der Waals surface area contributed by atoms with Gasteiger partial charge in [-0.2, -0.15) is 0 Å². The van der Waals surface area contributed by atoms with E-state index in [1.54, 1.807) is 6.07 Å². The molecule has 6 nitrogen and oxygen atoms in total. The van der Waals surface area contributed by atoms with E-state index in [0.29, 0.717) is 0 Å². The molecule has 0 fully saturated rings. The number of ether oxygens (including phenoxy) is 3. The zero-order chi connectivity index (χ0) is 18.0. The fraction of sp³-hybridized carbons (Fsp3) is 0.200. The second-order valence-electron chi connectivity index (χ2n) is 4.49. The number of carbonyl (C=O) groups excluding carboxylic acids is 2. The van der Waals surface area contributed by atoms with Crippen molar-refractivity contribution in [2.45, 2.75) is 6.29 Å². The molecule has 9 heteroatoms. The van der Waals surface area contributed by atoms with E-state index in [2.05, 4.69) is 9.47 Å². The Kier molecular flexibility index (Phi) is 5.77. The van der Waals surface area contributed by atoms with Gasteiger partial charge >= 0.3 is 11.9 Å². The minimum atomic E-state index is -1.80. The monoisotopic (exact) mass is 392 g/mol. The Balaban J connectivity index is 2.81. The zero-order valence-corrected chi connectivity index (χ0v) is 14.7. The van der Waals surface area contributed by atoms with Gasteiger partial charge in [-0.1, -0.05) is 46.9 Å². The predicted molar refractivity (Wildman–Crippen MR) is 87.4 cm³/mol. The summed E-state index contributed by atoms with van der Waals surface area (Å²) in [6.07, 6.45) is -1.80. The summed E-state index contributed by atoms with van der Waals surface area (Å²) in [6.45, 7) is 0. The molecular formula is C15H11Cl3O6. The molecule has 2 rings (SSSR count). The highest BCUT2D eigenvalue weighted by atomic mass is 35.5. The Bertz CT molecular complexity index is 768. The molecule has 128 valence electrons. The van der Waals surface area contributed by atoms with Gasteiger partial charge in [0.1, 0.15) is 5.57 Å². The Morgan fingerprint density at radius 2 is 1.75 bits per heavy atom. The summed E-state index contributed by atoms with van der Waals surface area (Å²) in [6, 6.07) is 4.62. The molecule has 1 atom stereocenters. The number of aliphatic hydroxyl groups excluding tert-OH is 1. The van der Waals surface area contributed by atoms with Crippen molar-refractivity contribution in [2.24, 2.45) is 0 Å². The molecule has 1 N–H and O–H groups in total. The van der Waals surface area contributed by atoms with Crippen LogP contribution in [0.1, 0.15) is 5.56 Å². The number of hydrogen-bond acceptors (Lipinski definition) is 6. The maximum Gasteiger partial charge on any atom is 0.374 e. The molecule has 0 spiro atoms. The third-order valence-corrected chi connectivity index (χ3v) is 4.37. The second-order valence-corrected chi connectivity index (χ2v) is 5.65. The average molecular weight is 394 g/mol. The molecule has 0 amide bonds. The van der Waals surface area contributed by atoms with Crippen molar-refractivity contribution < 1.29 is 28.9 Å². The van der Waals surface area contributed by atoms with Crippen molar-refractivity contribution in [2.75, 3.05) is 14.2 Å². The van der Waals surface area contributed by atoms with E-state index in [0.717, 1.165) is 14.2 Å². The van der Waals surface area contributed by atoms with Crippen LogP contribution < -0.4 is 0 Å². The molecule has 0 saturated carbocycles. The van der Waals surface area contributed by atoms with Crippen LogP contribution in [-0.2, 0) is 23.8 Å². The highest BCUT2D eigenvalue weighted by Gasteiger charge is 2.38. The van der Waals surface area contributed by atoms with Crippen molar-refractivity contribution >= 4 is 52.3 Å². The summed E-state index contributed by atoms with van der Waals surface area (Å²) in [7, 11) is 2.23. The first kappa shape index (κ1) is 18.6. The lowest BCUT2D eigenvalue weighted by Gasteiger charge is -2.26. The van der Waals surface area contributed by atoms with Gasteiger partial charge in [-0.15, -0.1) is 0 Å². The molecule has 1 aliphatic heterocycles. The quantitative estimate of drug-likeness (QED) is 0.795. The maximum atomic E-state index is 12.0. The molecule has 24 heavy (non-hydrogen) atoms. The first-order chi connectivity index (χ1) is 11.3. The lowest BCUT2D eigenvalue weighted by atomic mass is 9.98. The van der Waals surface area contributed by atoms with Gasteiger partial charge in [-0.3, -0.25) is 0 Å². The average Bonchev–Trinajstić information content (AvgIpc) is 2.56. The molecule has 0 aliphatic carbocycles. The van der Waals surface area contributed by atoms with Crippen LogP contribution >= 0.6 is 34.8 Å². The van der Waals surface area contributed by atoms with Crippen molar-refractivity contribution in [3.05, 3.63) is 50.2 Å². The molecule has 1 unspecified atom stereocenters. The van der Waals surface area contributed by atoms with Gasteiger partial charge in [0.25, 0.3) is 0 Å². The number of hydrogen-bond donors (Lipinski definition) is 1. The Labute approximate surface area is 152 Å². The number of carbonyl (C=O) groups is 2. The summed E-state index contributed by atoms with van der Waals surface area (Å²) in [5, 5.41) is 10.00. The Morgan fingerprint density at radius 3 is 2.33 bits per heavy atom. The lowest BCUT2D eigenvalue weighted by Crippen LogP contribution is -2.30. The number of aliphatic hydroxyl groups is 1. The van der Waals surface area contributed by atoms with Gasteiger partial charge < -0.3 is 19.3 Å². The largest absolute Gasteiger partial charge is 0.465 e. The number of esters is 2. The minimum absolute atomic E-state index is 0.0401. The van der Waals surface area contributed by atoms with Gasteiger partial charge in [0.2, 0.25) is 12.0 Å². The Hall–Kier alpha value is -1.73. The van der Waals surface area contributed by atoms with Gasteiger partial charge in [0.05, 0.1) is 34.9 Å². The predicted octanol–water partition coefficient (Wildman–Crippen LogP) is 2.89. The van der Waals surface area contributed by atoms with Crippen LogP contribution in [0.2, 0.25) is 10.0 Å². The fourth-order valence-electron chi connectivity index (χ4n) is 2.05. The highest BCUT2D eigenvalue weighted by molar-refractivity contribution is 6.45. The van der Waals surface area contributed by atoms with Crippen LogP contribution in [0.3, 0.4) is 0 Å². The van der Waals surface area contributed by atoms with Crippen LogP contribution in [0.4, 0.5) is 0 Å². The van der Waals surface area contributed by atoms with E-state index in [-0.39, 0.29) is 31.8 Å². The number of allylic oxidation sites excluding steroid dienone is 2.